The average molecular weight is 293 g/mol. The number of amides is 2. The van der Waals surface area contributed by atoms with Crippen molar-refractivity contribution in [2.75, 3.05) is 19.3 Å². The molecular formula is C14H23N5O2. The lowest BCUT2D eigenvalue weighted by Gasteiger charge is -2.22. The Morgan fingerprint density at radius 3 is 2.52 bits per heavy atom. The smallest absolute Gasteiger partial charge is 0.272 e. The fourth-order valence-corrected chi connectivity index (χ4v) is 1.67. The van der Waals surface area contributed by atoms with Crippen LogP contribution in [0.3, 0.4) is 0 Å². The van der Waals surface area contributed by atoms with Crippen LogP contribution in [0, 0.1) is 5.41 Å². The van der Waals surface area contributed by atoms with E-state index in [-0.39, 0.29) is 29.8 Å². The summed E-state index contributed by atoms with van der Waals surface area (Å²) < 4.78 is 0. The monoisotopic (exact) mass is 293 g/mol. The second-order valence-electron chi connectivity index (χ2n) is 5.83. The summed E-state index contributed by atoms with van der Waals surface area (Å²) in [5.41, 5.74) is 5.39. The van der Waals surface area contributed by atoms with Crippen LogP contribution in [0.4, 0.5) is 5.69 Å². The molecule has 0 aromatic carbocycles. The molecule has 0 spiro atoms. The first kappa shape index (κ1) is 16.9. The van der Waals surface area contributed by atoms with E-state index in [1.807, 2.05) is 13.8 Å². The first-order valence-corrected chi connectivity index (χ1v) is 6.82. The minimum absolute atomic E-state index is 0.0967. The molecule has 1 aromatic heterocycles. The number of nitrogens with two attached hydrogens (primary N) is 1. The molecule has 0 radical (unpaired) electrons. The summed E-state index contributed by atoms with van der Waals surface area (Å²) in [7, 11) is 1.56. The number of nitrogens with one attached hydrogen (secondary N) is 2. The molecule has 0 aliphatic heterocycles. The van der Waals surface area contributed by atoms with E-state index in [2.05, 4.69) is 20.6 Å². The lowest BCUT2D eigenvalue weighted by molar-refractivity contribution is -0.128. The molecule has 0 saturated carbocycles. The Hall–Kier alpha value is -2.18. The van der Waals surface area contributed by atoms with Crippen molar-refractivity contribution in [3.05, 3.63) is 17.7 Å². The molecule has 1 aromatic rings. The summed E-state index contributed by atoms with van der Waals surface area (Å²) in [5.74, 6) is 0.0921. The fourth-order valence-electron chi connectivity index (χ4n) is 1.67. The van der Waals surface area contributed by atoms with E-state index < -0.39 is 11.3 Å². The summed E-state index contributed by atoms with van der Waals surface area (Å²) in [6.45, 7) is 7.54. The van der Waals surface area contributed by atoms with Crippen molar-refractivity contribution in [3.63, 3.8) is 0 Å². The van der Waals surface area contributed by atoms with Crippen molar-refractivity contribution in [2.24, 2.45) is 5.41 Å². The van der Waals surface area contributed by atoms with Crippen LogP contribution in [0.5, 0.6) is 0 Å². The SMILES string of the molecule is CNC(=O)C(C)(C)CNC(=O)c1nc(C(C)C)ncc1N. The van der Waals surface area contributed by atoms with Gasteiger partial charge in [0.1, 0.15) is 5.82 Å². The molecule has 7 heteroatoms. The molecule has 0 bridgehead atoms. The van der Waals surface area contributed by atoms with Crippen molar-refractivity contribution >= 4 is 17.5 Å². The van der Waals surface area contributed by atoms with Crippen LogP contribution in [0.15, 0.2) is 6.20 Å². The van der Waals surface area contributed by atoms with E-state index >= 15 is 0 Å². The van der Waals surface area contributed by atoms with E-state index in [1.165, 1.54) is 6.20 Å². The van der Waals surface area contributed by atoms with Crippen LogP contribution in [-0.4, -0.2) is 35.4 Å². The molecule has 7 nitrogen and oxygen atoms in total. The predicted molar refractivity (Wildman–Crippen MR) is 80.7 cm³/mol. The molecule has 1 rings (SSSR count). The molecule has 1 heterocycles. The van der Waals surface area contributed by atoms with Crippen LogP contribution in [0.2, 0.25) is 0 Å². The summed E-state index contributed by atoms with van der Waals surface area (Å²) in [6, 6.07) is 0. The molecule has 0 atom stereocenters. The third-order valence-electron chi connectivity index (χ3n) is 3.10. The van der Waals surface area contributed by atoms with E-state index in [0.29, 0.717) is 5.82 Å². The quantitative estimate of drug-likeness (QED) is 0.739. The average Bonchev–Trinajstić information content (AvgIpc) is 2.44. The molecule has 4 N–H and O–H groups in total. The number of nitrogens with zero attached hydrogens (tertiary/aromatic N) is 2. The van der Waals surface area contributed by atoms with Gasteiger partial charge in [0.05, 0.1) is 17.3 Å². The van der Waals surface area contributed by atoms with E-state index in [0.717, 1.165) is 0 Å². The number of anilines is 1. The van der Waals surface area contributed by atoms with Gasteiger partial charge in [-0.2, -0.15) is 0 Å². The largest absolute Gasteiger partial charge is 0.396 e. The third kappa shape index (κ3) is 4.14. The van der Waals surface area contributed by atoms with Gasteiger partial charge >= 0.3 is 0 Å². The van der Waals surface area contributed by atoms with Gasteiger partial charge in [-0.1, -0.05) is 13.8 Å². The zero-order valence-electron chi connectivity index (χ0n) is 13.2. The standard InChI is InChI=1S/C14H23N5O2/c1-8(2)11-17-6-9(15)10(19-11)12(20)18-7-14(3,4)13(21)16-5/h6,8H,7,15H2,1-5H3,(H,16,21)(H,18,20). The zero-order chi connectivity index (χ0) is 16.2. The fraction of sp³-hybridized carbons (Fsp3) is 0.571. The number of aromatic nitrogens is 2. The number of nitrogen functional groups attached to an aromatic ring is 1. The van der Waals surface area contributed by atoms with Gasteiger partial charge in [0.2, 0.25) is 5.91 Å². The molecular weight excluding hydrogens is 270 g/mol. The highest BCUT2D eigenvalue weighted by molar-refractivity contribution is 5.97. The Bertz CT molecular complexity index is 540. The maximum Gasteiger partial charge on any atom is 0.272 e. The zero-order valence-corrected chi connectivity index (χ0v) is 13.2. The molecule has 0 aliphatic rings. The van der Waals surface area contributed by atoms with Crippen LogP contribution >= 0.6 is 0 Å². The lowest BCUT2D eigenvalue weighted by atomic mass is 9.92. The Morgan fingerprint density at radius 1 is 1.38 bits per heavy atom. The summed E-state index contributed by atoms with van der Waals surface area (Å²) in [5, 5.41) is 5.26. The molecule has 0 saturated heterocycles. The summed E-state index contributed by atoms with van der Waals surface area (Å²) in [4.78, 5) is 32.1. The summed E-state index contributed by atoms with van der Waals surface area (Å²) >= 11 is 0. The molecule has 2 amide bonds. The van der Waals surface area contributed by atoms with Gasteiger partial charge in [-0.15, -0.1) is 0 Å². The van der Waals surface area contributed by atoms with E-state index in [1.54, 1.807) is 20.9 Å². The number of carbonyl (C=O) groups excluding carboxylic acids is 2. The van der Waals surface area contributed by atoms with E-state index in [9.17, 15) is 9.59 Å². The molecule has 116 valence electrons. The van der Waals surface area contributed by atoms with Crippen molar-refractivity contribution in [1.82, 2.24) is 20.6 Å². The van der Waals surface area contributed by atoms with Crippen LogP contribution in [0.25, 0.3) is 0 Å². The van der Waals surface area contributed by atoms with Crippen LogP contribution in [-0.2, 0) is 4.79 Å². The van der Waals surface area contributed by atoms with Crippen molar-refractivity contribution in [3.8, 4) is 0 Å². The normalized spacial score (nSPS) is 11.3. The molecule has 21 heavy (non-hydrogen) atoms. The van der Waals surface area contributed by atoms with E-state index in [4.69, 9.17) is 5.73 Å². The Balaban J connectivity index is 2.85. The predicted octanol–water partition coefficient (Wildman–Crippen LogP) is 0.684. The van der Waals surface area contributed by atoms with Gasteiger partial charge in [-0.25, -0.2) is 9.97 Å². The Labute approximate surface area is 124 Å². The van der Waals surface area contributed by atoms with Gasteiger partial charge in [-0.3, -0.25) is 9.59 Å². The highest BCUT2D eigenvalue weighted by Crippen LogP contribution is 2.16. The molecule has 0 fully saturated rings. The number of rotatable bonds is 5. The first-order chi connectivity index (χ1) is 9.69. The van der Waals surface area contributed by atoms with Gasteiger partial charge in [0.15, 0.2) is 5.69 Å². The van der Waals surface area contributed by atoms with Crippen molar-refractivity contribution in [2.45, 2.75) is 33.6 Å². The maximum absolute atomic E-state index is 12.2. The van der Waals surface area contributed by atoms with Crippen LogP contribution < -0.4 is 16.4 Å². The number of carbonyl (C=O) groups is 2. The van der Waals surface area contributed by atoms with Gasteiger partial charge in [0, 0.05) is 19.5 Å². The summed E-state index contributed by atoms with van der Waals surface area (Å²) in [6.07, 6.45) is 1.43. The first-order valence-electron chi connectivity index (χ1n) is 6.82. The van der Waals surface area contributed by atoms with Crippen molar-refractivity contribution < 1.29 is 9.59 Å². The molecule has 0 aliphatic carbocycles. The minimum atomic E-state index is -0.715. The minimum Gasteiger partial charge on any atom is -0.396 e. The Kier molecular flexibility index (Phi) is 5.23. The van der Waals surface area contributed by atoms with Crippen LogP contribution in [0.1, 0.15) is 49.9 Å². The Morgan fingerprint density at radius 2 is 2.00 bits per heavy atom. The maximum atomic E-state index is 12.2. The molecule has 0 unspecified atom stereocenters. The van der Waals surface area contributed by atoms with Gasteiger partial charge in [0.25, 0.3) is 5.91 Å². The highest BCUT2D eigenvalue weighted by atomic mass is 16.2. The van der Waals surface area contributed by atoms with Gasteiger partial charge < -0.3 is 16.4 Å². The second kappa shape index (κ2) is 6.51. The van der Waals surface area contributed by atoms with Gasteiger partial charge in [-0.05, 0) is 13.8 Å². The highest BCUT2D eigenvalue weighted by Gasteiger charge is 2.27. The number of hydrogen-bond donors (Lipinski definition) is 3. The lowest BCUT2D eigenvalue weighted by Crippen LogP contribution is -2.44. The third-order valence-corrected chi connectivity index (χ3v) is 3.10. The van der Waals surface area contributed by atoms with Crippen molar-refractivity contribution in [1.29, 1.82) is 0 Å². The number of hydrogen-bond acceptors (Lipinski definition) is 5. The second-order valence-corrected chi connectivity index (χ2v) is 5.83. The topological polar surface area (TPSA) is 110 Å².